The first kappa shape index (κ1) is 10.3. The Labute approximate surface area is 91.1 Å². The normalized spacial score (nSPS) is 12.3. The summed E-state index contributed by atoms with van der Waals surface area (Å²) in [4.78, 5) is 0. The standard InChI is InChI=1S/C14H18O/c1-10-8-12-11(9-14(2,3)4)6-5-7-13(12)15-10/h5-8H,9H2,1-4H3. The molecular formula is C14H18O. The van der Waals surface area contributed by atoms with Gasteiger partial charge in [-0.25, -0.2) is 0 Å². The predicted molar refractivity (Wildman–Crippen MR) is 64.1 cm³/mol. The maximum Gasteiger partial charge on any atom is 0.134 e. The average molecular weight is 202 g/mol. The zero-order valence-corrected chi connectivity index (χ0v) is 9.92. The molecule has 0 atom stereocenters. The summed E-state index contributed by atoms with van der Waals surface area (Å²) in [6, 6.07) is 8.44. The molecule has 15 heavy (non-hydrogen) atoms. The fourth-order valence-electron chi connectivity index (χ4n) is 1.97. The third kappa shape index (κ3) is 2.23. The maximum absolute atomic E-state index is 5.62. The van der Waals surface area contributed by atoms with Crippen molar-refractivity contribution in [2.24, 2.45) is 5.41 Å². The van der Waals surface area contributed by atoms with E-state index in [2.05, 4.69) is 39.0 Å². The average Bonchev–Trinajstić information content (AvgIpc) is 2.43. The van der Waals surface area contributed by atoms with Crippen LogP contribution in [0.3, 0.4) is 0 Å². The van der Waals surface area contributed by atoms with Gasteiger partial charge in [0.2, 0.25) is 0 Å². The Balaban J connectivity index is 2.51. The highest BCUT2D eigenvalue weighted by Crippen LogP contribution is 2.28. The van der Waals surface area contributed by atoms with Crippen LogP contribution in [0.15, 0.2) is 28.7 Å². The van der Waals surface area contributed by atoms with Crippen LogP contribution >= 0.6 is 0 Å². The van der Waals surface area contributed by atoms with Crippen LogP contribution in [-0.2, 0) is 6.42 Å². The molecule has 0 N–H and O–H groups in total. The minimum absolute atomic E-state index is 0.319. The van der Waals surface area contributed by atoms with Crippen molar-refractivity contribution in [1.82, 2.24) is 0 Å². The third-order valence-corrected chi connectivity index (χ3v) is 2.50. The lowest BCUT2D eigenvalue weighted by atomic mass is 9.87. The van der Waals surface area contributed by atoms with E-state index < -0.39 is 0 Å². The van der Waals surface area contributed by atoms with Crippen molar-refractivity contribution in [3.8, 4) is 0 Å². The molecule has 0 saturated carbocycles. The van der Waals surface area contributed by atoms with Gasteiger partial charge in [0.25, 0.3) is 0 Å². The molecule has 2 rings (SSSR count). The van der Waals surface area contributed by atoms with Crippen molar-refractivity contribution >= 4 is 11.0 Å². The number of aryl methyl sites for hydroxylation is 1. The smallest absolute Gasteiger partial charge is 0.134 e. The van der Waals surface area contributed by atoms with E-state index in [1.807, 2.05) is 13.0 Å². The van der Waals surface area contributed by atoms with Gasteiger partial charge in [0, 0.05) is 5.39 Å². The van der Waals surface area contributed by atoms with Crippen molar-refractivity contribution < 1.29 is 4.42 Å². The first-order valence-electron chi connectivity index (χ1n) is 5.44. The quantitative estimate of drug-likeness (QED) is 0.670. The Bertz CT molecular complexity index is 472. The molecule has 0 bridgehead atoms. The molecule has 0 saturated heterocycles. The number of benzene rings is 1. The van der Waals surface area contributed by atoms with Gasteiger partial charge in [0.05, 0.1) is 0 Å². The summed E-state index contributed by atoms with van der Waals surface area (Å²) in [6.45, 7) is 8.79. The van der Waals surface area contributed by atoms with Crippen LogP contribution in [0.2, 0.25) is 0 Å². The molecule has 0 aliphatic carbocycles. The van der Waals surface area contributed by atoms with Crippen LogP contribution in [0.4, 0.5) is 0 Å². The summed E-state index contributed by atoms with van der Waals surface area (Å²) < 4.78 is 5.62. The molecule has 80 valence electrons. The Hall–Kier alpha value is -1.24. The SMILES string of the molecule is Cc1cc2c(CC(C)(C)C)cccc2o1. The summed E-state index contributed by atoms with van der Waals surface area (Å²) in [5, 5.41) is 1.27. The lowest BCUT2D eigenvalue weighted by molar-refractivity contribution is 0.412. The topological polar surface area (TPSA) is 13.1 Å². The molecule has 1 heterocycles. The van der Waals surface area contributed by atoms with Gasteiger partial charge in [0.1, 0.15) is 11.3 Å². The van der Waals surface area contributed by atoms with Gasteiger partial charge in [0.15, 0.2) is 0 Å². The zero-order chi connectivity index (χ0) is 11.1. The van der Waals surface area contributed by atoms with Gasteiger partial charge in [-0.15, -0.1) is 0 Å². The van der Waals surface area contributed by atoms with E-state index in [1.54, 1.807) is 0 Å². The molecule has 1 heteroatoms. The van der Waals surface area contributed by atoms with Crippen LogP contribution in [0.1, 0.15) is 32.1 Å². The van der Waals surface area contributed by atoms with E-state index >= 15 is 0 Å². The first-order valence-corrected chi connectivity index (χ1v) is 5.44. The summed E-state index contributed by atoms with van der Waals surface area (Å²) in [6.07, 6.45) is 1.09. The molecule has 2 aromatic rings. The highest BCUT2D eigenvalue weighted by molar-refractivity contribution is 5.81. The molecule has 1 aromatic carbocycles. The van der Waals surface area contributed by atoms with Crippen molar-refractivity contribution in [3.63, 3.8) is 0 Å². The van der Waals surface area contributed by atoms with Gasteiger partial charge in [-0.3, -0.25) is 0 Å². The number of hydrogen-bond acceptors (Lipinski definition) is 1. The molecule has 0 fully saturated rings. The van der Waals surface area contributed by atoms with Gasteiger partial charge in [-0.1, -0.05) is 32.9 Å². The minimum Gasteiger partial charge on any atom is -0.461 e. The van der Waals surface area contributed by atoms with E-state index in [9.17, 15) is 0 Å². The van der Waals surface area contributed by atoms with E-state index in [0.29, 0.717) is 5.41 Å². The lowest BCUT2D eigenvalue weighted by Gasteiger charge is -2.18. The minimum atomic E-state index is 0.319. The third-order valence-electron chi connectivity index (χ3n) is 2.50. The van der Waals surface area contributed by atoms with Gasteiger partial charge in [-0.2, -0.15) is 0 Å². The van der Waals surface area contributed by atoms with Crippen LogP contribution < -0.4 is 0 Å². The summed E-state index contributed by atoms with van der Waals surface area (Å²) in [5.41, 5.74) is 2.71. The molecule has 0 aliphatic rings. The first-order chi connectivity index (χ1) is 6.96. The Morgan fingerprint density at radius 1 is 1.20 bits per heavy atom. The Morgan fingerprint density at radius 2 is 1.93 bits per heavy atom. The molecule has 0 amide bonds. The Kier molecular flexibility index (Phi) is 2.34. The fourth-order valence-corrected chi connectivity index (χ4v) is 1.97. The van der Waals surface area contributed by atoms with E-state index in [1.165, 1.54) is 10.9 Å². The molecule has 0 aliphatic heterocycles. The van der Waals surface area contributed by atoms with Crippen molar-refractivity contribution in [1.29, 1.82) is 0 Å². The second-order valence-corrected chi connectivity index (χ2v) is 5.42. The van der Waals surface area contributed by atoms with Gasteiger partial charge < -0.3 is 4.42 Å². The van der Waals surface area contributed by atoms with Crippen molar-refractivity contribution in [3.05, 3.63) is 35.6 Å². The molecule has 0 radical (unpaired) electrons. The predicted octanol–water partition coefficient (Wildman–Crippen LogP) is 4.33. The second kappa shape index (κ2) is 3.41. The monoisotopic (exact) mass is 202 g/mol. The summed E-state index contributed by atoms with van der Waals surface area (Å²) >= 11 is 0. The van der Waals surface area contributed by atoms with Crippen LogP contribution in [0.25, 0.3) is 11.0 Å². The van der Waals surface area contributed by atoms with Crippen molar-refractivity contribution in [2.75, 3.05) is 0 Å². The van der Waals surface area contributed by atoms with E-state index in [4.69, 9.17) is 4.42 Å². The molecule has 1 aromatic heterocycles. The number of rotatable bonds is 1. The summed E-state index contributed by atoms with van der Waals surface area (Å²) in [7, 11) is 0. The van der Waals surface area contributed by atoms with Crippen LogP contribution in [-0.4, -0.2) is 0 Å². The molecule has 0 unspecified atom stereocenters. The van der Waals surface area contributed by atoms with Gasteiger partial charge >= 0.3 is 0 Å². The van der Waals surface area contributed by atoms with Crippen molar-refractivity contribution in [2.45, 2.75) is 34.1 Å². The van der Waals surface area contributed by atoms with Gasteiger partial charge in [-0.05, 0) is 36.5 Å². The molecular weight excluding hydrogens is 184 g/mol. The van der Waals surface area contributed by atoms with Crippen LogP contribution in [0, 0.1) is 12.3 Å². The van der Waals surface area contributed by atoms with Crippen LogP contribution in [0.5, 0.6) is 0 Å². The fraction of sp³-hybridized carbons (Fsp3) is 0.429. The molecule has 0 spiro atoms. The zero-order valence-electron chi connectivity index (χ0n) is 9.92. The second-order valence-electron chi connectivity index (χ2n) is 5.42. The lowest BCUT2D eigenvalue weighted by Crippen LogP contribution is -2.09. The largest absolute Gasteiger partial charge is 0.461 e. The highest BCUT2D eigenvalue weighted by atomic mass is 16.3. The Morgan fingerprint density at radius 3 is 2.60 bits per heavy atom. The summed E-state index contributed by atoms with van der Waals surface area (Å²) in [5.74, 6) is 0.992. The van der Waals surface area contributed by atoms with E-state index in [-0.39, 0.29) is 0 Å². The number of furan rings is 1. The maximum atomic E-state index is 5.62. The number of hydrogen-bond donors (Lipinski definition) is 0. The highest BCUT2D eigenvalue weighted by Gasteiger charge is 2.14. The van der Waals surface area contributed by atoms with E-state index in [0.717, 1.165) is 17.8 Å². The molecule has 1 nitrogen and oxygen atoms in total. The number of fused-ring (bicyclic) bond motifs is 1.